The maximum atomic E-state index is 12.2. The number of hydrogen-bond donors (Lipinski definition) is 0. The third kappa shape index (κ3) is 2.64. The number of fused-ring (bicyclic) bond motifs is 1. The van der Waals surface area contributed by atoms with Crippen molar-refractivity contribution in [3.8, 4) is 11.4 Å². The highest BCUT2D eigenvalue weighted by atomic mass is 16.5. The molecule has 0 spiro atoms. The Kier molecular flexibility index (Phi) is 3.72. The van der Waals surface area contributed by atoms with Crippen LogP contribution in [0.1, 0.15) is 53.4 Å². The highest BCUT2D eigenvalue weighted by Gasteiger charge is 2.27. The molecule has 4 rings (SSSR count). The van der Waals surface area contributed by atoms with E-state index in [0.717, 1.165) is 24.8 Å². The highest BCUT2D eigenvalue weighted by molar-refractivity contribution is 5.92. The fraction of sp³-hybridized carbons (Fsp3) is 0.333. The first kappa shape index (κ1) is 14.8. The van der Waals surface area contributed by atoms with Crippen molar-refractivity contribution < 1.29 is 13.7 Å². The number of rotatable bonds is 5. The van der Waals surface area contributed by atoms with Gasteiger partial charge in [-0.25, -0.2) is 4.98 Å². The molecule has 2 aromatic heterocycles. The van der Waals surface area contributed by atoms with Crippen LogP contribution in [0.2, 0.25) is 0 Å². The molecule has 0 saturated heterocycles. The molecule has 2 heterocycles. The molecule has 0 aliphatic heterocycles. The molecular formula is C18H17N3O3. The first-order chi connectivity index (χ1) is 11.7. The van der Waals surface area contributed by atoms with E-state index in [2.05, 4.69) is 27.3 Å². The Morgan fingerprint density at radius 1 is 1.38 bits per heavy atom. The molecule has 1 atom stereocenters. The van der Waals surface area contributed by atoms with Crippen LogP contribution >= 0.6 is 0 Å². The average Bonchev–Trinajstić information content (AvgIpc) is 3.35. The van der Waals surface area contributed by atoms with Crippen molar-refractivity contribution in [2.75, 3.05) is 0 Å². The molecular weight excluding hydrogens is 306 g/mol. The summed E-state index contributed by atoms with van der Waals surface area (Å²) in [6.45, 7) is 1.98. The van der Waals surface area contributed by atoms with Crippen LogP contribution in [0.25, 0.3) is 11.4 Å². The Bertz CT molecular complexity index is 868. The number of Topliss-reactive ketones (excluding diaryl/α,β-unsaturated/α-hetero) is 1. The van der Waals surface area contributed by atoms with Crippen LogP contribution in [0, 0.1) is 0 Å². The van der Waals surface area contributed by atoms with Crippen LogP contribution in [0.15, 0.2) is 39.6 Å². The largest absolute Gasteiger partial charge is 0.442 e. The molecule has 24 heavy (non-hydrogen) atoms. The number of hydrogen-bond acceptors (Lipinski definition) is 6. The molecule has 0 radical (unpaired) electrons. The zero-order chi connectivity index (χ0) is 16.5. The number of ketones is 1. The van der Waals surface area contributed by atoms with E-state index in [1.807, 2.05) is 13.0 Å². The Morgan fingerprint density at radius 2 is 2.29 bits per heavy atom. The lowest BCUT2D eigenvalue weighted by molar-refractivity contribution is 0.0940. The first-order valence-corrected chi connectivity index (χ1v) is 8.13. The Morgan fingerprint density at radius 3 is 3.04 bits per heavy atom. The maximum absolute atomic E-state index is 12.2. The van der Waals surface area contributed by atoms with Crippen molar-refractivity contribution >= 4 is 5.78 Å². The molecule has 6 nitrogen and oxygen atoms in total. The summed E-state index contributed by atoms with van der Waals surface area (Å²) in [5, 5.41) is 4.02. The van der Waals surface area contributed by atoms with Crippen LogP contribution in [-0.4, -0.2) is 20.9 Å². The third-order valence-corrected chi connectivity index (χ3v) is 4.48. The van der Waals surface area contributed by atoms with Gasteiger partial charge < -0.3 is 8.94 Å². The van der Waals surface area contributed by atoms with Crippen molar-refractivity contribution in [3.63, 3.8) is 0 Å². The van der Waals surface area contributed by atoms with Gasteiger partial charge >= 0.3 is 0 Å². The van der Waals surface area contributed by atoms with Gasteiger partial charge in [0.05, 0.1) is 6.20 Å². The van der Waals surface area contributed by atoms with E-state index < -0.39 is 0 Å². The second-order valence-corrected chi connectivity index (χ2v) is 5.98. The van der Waals surface area contributed by atoms with E-state index in [-0.39, 0.29) is 17.6 Å². The van der Waals surface area contributed by atoms with Gasteiger partial charge in [-0.05, 0) is 36.0 Å². The van der Waals surface area contributed by atoms with Gasteiger partial charge in [0.2, 0.25) is 17.5 Å². The number of nitrogens with zero attached hydrogens (tertiary/aromatic N) is 3. The molecule has 1 aromatic carbocycles. The summed E-state index contributed by atoms with van der Waals surface area (Å²) in [6.07, 6.45) is 5.98. The Balaban J connectivity index is 1.55. The molecule has 0 N–H and O–H groups in total. The monoisotopic (exact) mass is 323 g/mol. The Labute approximate surface area is 138 Å². The van der Waals surface area contributed by atoms with E-state index in [4.69, 9.17) is 8.94 Å². The van der Waals surface area contributed by atoms with Gasteiger partial charge in [0.1, 0.15) is 6.26 Å². The van der Waals surface area contributed by atoms with Crippen LogP contribution in [0.3, 0.4) is 0 Å². The third-order valence-electron chi connectivity index (χ3n) is 4.48. The van der Waals surface area contributed by atoms with Gasteiger partial charge in [0.15, 0.2) is 0 Å². The molecule has 6 heteroatoms. The van der Waals surface area contributed by atoms with Crippen molar-refractivity contribution in [2.45, 2.75) is 38.5 Å². The first-order valence-electron chi connectivity index (χ1n) is 8.13. The van der Waals surface area contributed by atoms with Gasteiger partial charge in [0.25, 0.3) is 5.89 Å². The minimum absolute atomic E-state index is 0.0484. The number of carbonyl (C=O) groups is 1. The summed E-state index contributed by atoms with van der Waals surface area (Å²) in [6, 6.07) is 6.18. The second kappa shape index (κ2) is 6.03. The lowest BCUT2D eigenvalue weighted by atomic mass is 9.94. The van der Waals surface area contributed by atoms with E-state index >= 15 is 0 Å². The molecule has 122 valence electrons. The van der Waals surface area contributed by atoms with Crippen LogP contribution in [0.5, 0.6) is 0 Å². The molecule has 0 amide bonds. The maximum Gasteiger partial charge on any atom is 0.263 e. The fourth-order valence-corrected chi connectivity index (χ4v) is 3.24. The molecule has 1 aliphatic carbocycles. The van der Waals surface area contributed by atoms with Crippen molar-refractivity contribution in [1.82, 2.24) is 15.1 Å². The quantitative estimate of drug-likeness (QED) is 0.667. The highest BCUT2D eigenvalue weighted by Crippen LogP contribution is 2.37. The summed E-state index contributed by atoms with van der Waals surface area (Å²) < 4.78 is 10.3. The minimum atomic E-state index is -0.0484. The van der Waals surface area contributed by atoms with E-state index in [1.165, 1.54) is 23.6 Å². The Hall–Kier alpha value is -2.76. The number of aromatic nitrogens is 3. The zero-order valence-corrected chi connectivity index (χ0v) is 13.4. The van der Waals surface area contributed by atoms with Crippen LogP contribution in [-0.2, 0) is 12.8 Å². The molecule has 0 unspecified atom stereocenters. The minimum Gasteiger partial charge on any atom is -0.442 e. The topological polar surface area (TPSA) is 82.0 Å². The summed E-state index contributed by atoms with van der Waals surface area (Å²) in [5.41, 5.74) is 3.43. The average molecular weight is 323 g/mol. The van der Waals surface area contributed by atoms with Gasteiger partial charge in [-0.3, -0.25) is 4.79 Å². The summed E-state index contributed by atoms with van der Waals surface area (Å²) in [4.78, 5) is 20.5. The molecule has 0 bridgehead atoms. The number of carbonyl (C=O) groups excluding carboxylic acids is 1. The molecule has 1 aliphatic rings. The molecule has 0 fully saturated rings. The van der Waals surface area contributed by atoms with Crippen LogP contribution in [0.4, 0.5) is 0 Å². The number of oxazole rings is 1. The SMILES string of the molecule is CCc1nc(-c2ccc3c(c2)CC[C@H]3CC(=O)c2ncco2)no1. The van der Waals surface area contributed by atoms with E-state index in [9.17, 15) is 4.79 Å². The summed E-state index contributed by atoms with van der Waals surface area (Å²) >= 11 is 0. The van der Waals surface area contributed by atoms with E-state index in [0.29, 0.717) is 18.1 Å². The predicted molar refractivity (Wildman–Crippen MR) is 85.6 cm³/mol. The van der Waals surface area contributed by atoms with Gasteiger partial charge in [-0.1, -0.05) is 24.2 Å². The summed E-state index contributed by atoms with van der Waals surface area (Å²) in [5.74, 6) is 1.62. The predicted octanol–water partition coefficient (Wildman–Crippen LogP) is 3.59. The van der Waals surface area contributed by atoms with Gasteiger partial charge in [0, 0.05) is 18.4 Å². The lowest BCUT2D eigenvalue weighted by Crippen LogP contribution is -2.05. The van der Waals surface area contributed by atoms with Crippen molar-refractivity contribution in [2.24, 2.45) is 0 Å². The standard InChI is InChI=1S/C18H17N3O3/c1-2-16-20-17(21-24-16)13-5-6-14-11(9-13)3-4-12(14)10-15(22)18-19-7-8-23-18/h5-9,12H,2-4,10H2,1H3/t12-/m0/s1. The van der Waals surface area contributed by atoms with Gasteiger partial charge in [-0.2, -0.15) is 4.98 Å². The lowest BCUT2D eigenvalue weighted by Gasteiger charge is -2.09. The number of benzene rings is 1. The molecule has 3 aromatic rings. The normalized spacial score (nSPS) is 16.3. The second-order valence-electron chi connectivity index (χ2n) is 5.98. The fourth-order valence-electron chi connectivity index (χ4n) is 3.24. The van der Waals surface area contributed by atoms with Crippen LogP contribution < -0.4 is 0 Å². The van der Waals surface area contributed by atoms with Gasteiger partial charge in [-0.15, -0.1) is 0 Å². The summed E-state index contributed by atoms with van der Waals surface area (Å²) in [7, 11) is 0. The molecule has 0 saturated carbocycles. The smallest absolute Gasteiger partial charge is 0.263 e. The zero-order valence-electron chi connectivity index (χ0n) is 13.4. The van der Waals surface area contributed by atoms with Crippen molar-refractivity contribution in [1.29, 1.82) is 0 Å². The van der Waals surface area contributed by atoms with E-state index in [1.54, 1.807) is 0 Å². The van der Waals surface area contributed by atoms with Crippen molar-refractivity contribution in [3.05, 3.63) is 53.6 Å². The number of aryl methyl sites for hydroxylation is 2.